The van der Waals surface area contributed by atoms with Crippen molar-refractivity contribution in [2.45, 2.75) is 40.0 Å². The van der Waals surface area contributed by atoms with Gasteiger partial charge in [-0.15, -0.1) is 11.3 Å². The summed E-state index contributed by atoms with van der Waals surface area (Å²) in [5.74, 6) is -0.0111. The van der Waals surface area contributed by atoms with Crippen LogP contribution in [0.5, 0.6) is 0 Å². The number of carbonyl (C=O) groups is 1. The molecule has 0 aromatic carbocycles. The number of hydrogen-bond acceptors (Lipinski definition) is 3. The SMILES string of the molecule is CCNC(=O)c1sc(C(C)(C)C)nc1C. The van der Waals surface area contributed by atoms with E-state index in [4.69, 9.17) is 0 Å². The summed E-state index contributed by atoms with van der Waals surface area (Å²) in [6.45, 7) is 10.8. The summed E-state index contributed by atoms with van der Waals surface area (Å²) in [5, 5.41) is 3.81. The third-order valence-corrected chi connectivity index (χ3v) is 3.56. The molecule has 0 saturated heterocycles. The maximum atomic E-state index is 11.7. The summed E-state index contributed by atoms with van der Waals surface area (Å²) in [5.41, 5.74) is 0.844. The van der Waals surface area contributed by atoms with Crippen LogP contribution < -0.4 is 5.32 Å². The first-order chi connectivity index (χ1) is 6.86. The van der Waals surface area contributed by atoms with E-state index in [1.807, 2.05) is 13.8 Å². The minimum Gasteiger partial charge on any atom is -0.352 e. The van der Waals surface area contributed by atoms with Crippen molar-refractivity contribution in [3.05, 3.63) is 15.6 Å². The van der Waals surface area contributed by atoms with E-state index in [9.17, 15) is 4.79 Å². The van der Waals surface area contributed by atoms with Gasteiger partial charge in [0.25, 0.3) is 5.91 Å². The van der Waals surface area contributed by atoms with Gasteiger partial charge in [0.1, 0.15) is 4.88 Å². The molecule has 0 spiro atoms. The number of rotatable bonds is 2. The smallest absolute Gasteiger partial charge is 0.263 e. The van der Waals surface area contributed by atoms with Gasteiger partial charge in [0, 0.05) is 12.0 Å². The zero-order chi connectivity index (χ0) is 11.6. The molecule has 0 saturated carbocycles. The number of carbonyl (C=O) groups excluding carboxylic acids is 1. The van der Waals surface area contributed by atoms with E-state index < -0.39 is 0 Å². The topological polar surface area (TPSA) is 42.0 Å². The van der Waals surface area contributed by atoms with E-state index in [1.165, 1.54) is 11.3 Å². The molecule has 0 aliphatic rings. The second-order valence-corrected chi connectivity index (χ2v) is 5.54. The van der Waals surface area contributed by atoms with Crippen LogP contribution in [0.15, 0.2) is 0 Å². The van der Waals surface area contributed by atoms with Gasteiger partial charge in [0.05, 0.1) is 10.7 Å². The van der Waals surface area contributed by atoms with Crippen molar-refractivity contribution in [3.63, 3.8) is 0 Å². The zero-order valence-corrected chi connectivity index (χ0v) is 10.8. The fourth-order valence-electron chi connectivity index (χ4n) is 1.17. The number of nitrogens with zero attached hydrogens (tertiary/aromatic N) is 1. The van der Waals surface area contributed by atoms with E-state index in [2.05, 4.69) is 31.1 Å². The summed E-state index contributed by atoms with van der Waals surface area (Å²) in [4.78, 5) is 16.8. The van der Waals surface area contributed by atoms with E-state index in [0.29, 0.717) is 6.54 Å². The molecule has 15 heavy (non-hydrogen) atoms. The Hall–Kier alpha value is -0.900. The predicted octanol–water partition coefficient (Wildman–Crippen LogP) is 2.50. The Morgan fingerprint density at radius 1 is 1.47 bits per heavy atom. The van der Waals surface area contributed by atoms with Crippen LogP contribution in [0.4, 0.5) is 0 Å². The highest BCUT2D eigenvalue weighted by atomic mass is 32.1. The largest absolute Gasteiger partial charge is 0.352 e. The van der Waals surface area contributed by atoms with Crippen molar-refractivity contribution in [3.8, 4) is 0 Å². The second kappa shape index (κ2) is 4.31. The highest BCUT2D eigenvalue weighted by Gasteiger charge is 2.22. The summed E-state index contributed by atoms with van der Waals surface area (Å²) in [7, 11) is 0. The Labute approximate surface area is 94.9 Å². The van der Waals surface area contributed by atoms with Gasteiger partial charge in [-0.25, -0.2) is 4.98 Å². The van der Waals surface area contributed by atoms with Crippen molar-refractivity contribution < 1.29 is 4.79 Å². The van der Waals surface area contributed by atoms with Gasteiger partial charge >= 0.3 is 0 Å². The van der Waals surface area contributed by atoms with E-state index >= 15 is 0 Å². The molecule has 0 aliphatic heterocycles. The predicted molar refractivity (Wildman–Crippen MR) is 63.6 cm³/mol. The molecule has 1 heterocycles. The van der Waals surface area contributed by atoms with Crippen LogP contribution in [-0.2, 0) is 5.41 Å². The Kier molecular flexibility index (Phi) is 3.50. The van der Waals surface area contributed by atoms with Crippen LogP contribution in [0.1, 0.15) is 48.1 Å². The van der Waals surface area contributed by atoms with Crippen LogP contribution in [0.3, 0.4) is 0 Å². The van der Waals surface area contributed by atoms with Crippen molar-refractivity contribution in [1.82, 2.24) is 10.3 Å². The van der Waals surface area contributed by atoms with Gasteiger partial charge in [0.15, 0.2) is 0 Å². The van der Waals surface area contributed by atoms with Gasteiger partial charge in [-0.1, -0.05) is 20.8 Å². The third-order valence-electron chi connectivity index (χ3n) is 1.98. The average Bonchev–Trinajstić information content (AvgIpc) is 2.47. The summed E-state index contributed by atoms with van der Waals surface area (Å²) < 4.78 is 0. The fourth-order valence-corrected chi connectivity index (χ4v) is 2.21. The monoisotopic (exact) mass is 226 g/mol. The zero-order valence-electron chi connectivity index (χ0n) is 9.97. The van der Waals surface area contributed by atoms with E-state index in [1.54, 1.807) is 0 Å². The molecule has 3 nitrogen and oxygen atoms in total. The van der Waals surface area contributed by atoms with Crippen LogP contribution in [0.2, 0.25) is 0 Å². The van der Waals surface area contributed by atoms with E-state index in [-0.39, 0.29) is 11.3 Å². The van der Waals surface area contributed by atoms with Gasteiger partial charge < -0.3 is 5.32 Å². The molecule has 0 aliphatic carbocycles. The molecule has 84 valence electrons. The Morgan fingerprint density at radius 3 is 2.47 bits per heavy atom. The molecule has 1 rings (SSSR count). The van der Waals surface area contributed by atoms with Gasteiger partial charge in [0.2, 0.25) is 0 Å². The van der Waals surface area contributed by atoms with Crippen LogP contribution in [0.25, 0.3) is 0 Å². The summed E-state index contributed by atoms with van der Waals surface area (Å²) in [6, 6.07) is 0. The average molecular weight is 226 g/mol. The van der Waals surface area contributed by atoms with Gasteiger partial charge in [-0.05, 0) is 13.8 Å². The second-order valence-electron chi connectivity index (χ2n) is 4.54. The molecule has 4 heteroatoms. The standard InChI is InChI=1S/C11H18N2OS/c1-6-12-9(14)8-7(2)13-10(15-8)11(3,4)5/h6H2,1-5H3,(H,12,14). The number of hydrogen-bond donors (Lipinski definition) is 1. The van der Waals surface area contributed by atoms with Crippen molar-refractivity contribution in [2.24, 2.45) is 0 Å². The quantitative estimate of drug-likeness (QED) is 0.842. The number of aromatic nitrogens is 1. The Bertz CT molecular complexity index is 363. The van der Waals surface area contributed by atoms with Crippen molar-refractivity contribution in [2.75, 3.05) is 6.54 Å². The highest BCUT2D eigenvalue weighted by Crippen LogP contribution is 2.28. The first-order valence-corrected chi connectivity index (χ1v) is 5.94. The third kappa shape index (κ3) is 2.78. The molecular formula is C11H18N2OS. The molecule has 1 N–H and O–H groups in total. The van der Waals surface area contributed by atoms with Crippen LogP contribution in [-0.4, -0.2) is 17.4 Å². The first kappa shape index (κ1) is 12.2. The normalized spacial score (nSPS) is 11.5. The molecule has 0 atom stereocenters. The minimum atomic E-state index is -0.0111. The number of nitrogens with one attached hydrogen (secondary N) is 1. The molecule has 0 radical (unpaired) electrons. The molecule has 0 fully saturated rings. The molecule has 1 aromatic rings. The lowest BCUT2D eigenvalue weighted by molar-refractivity contribution is 0.0959. The van der Waals surface area contributed by atoms with Crippen LogP contribution in [0, 0.1) is 6.92 Å². The number of thiazole rings is 1. The van der Waals surface area contributed by atoms with Gasteiger partial charge in [-0.3, -0.25) is 4.79 Å². The Morgan fingerprint density at radius 2 is 2.07 bits per heavy atom. The van der Waals surface area contributed by atoms with Gasteiger partial charge in [-0.2, -0.15) is 0 Å². The molecule has 1 aromatic heterocycles. The summed E-state index contributed by atoms with van der Waals surface area (Å²) in [6.07, 6.45) is 0. The van der Waals surface area contributed by atoms with E-state index in [0.717, 1.165) is 15.6 Å². The molecule has 1 amide bonds. The molecular weight excluding hydrogens is 208 g/mol. The Balaban J connectivity index is 3.02. The lowest BCUT2D eigenvalue weighted by Gasteiger charge is -2.13. The number of aryl methyl sites for hydroxylation is 1. The van der Waals surface area contributed by atoms with Crippen LogP contribution >= 0.6 is 11.3 Å². The lowest BCUT2D eigenvalue weighted by atomic mass is 9.98. The molecule has 0 bridgehead atoms. The fraction of sp³-hybridized carbons (Fsp3) is 0.636. The summed E-state index contributed by atoms with van der Waals surface area (Å²) >= 11 is 1.49. The van der Waals surface area contributed by atoms with Crippen molar-refractivity contribution in [1.29, 1.82) is 0 Å². The minimum absolute atomic E-state index is 0.0111. The van der Waals surface area contributed by atoms with Crippen molar-refractivity contribution >= 4 is 17.2 Å². The molecule has 0 unspecified atom stereocenters. The maximum Gasteiger partial charge on any atom is 0.263 e. The highest BCUT2D eigenvalue weighted by molar-refractivity contribution is 7.14. The first-order valence-electron chi connectivity index (χ1n) is 5.12. The maximum absolute atomic E-state index is 11.7. The lowest BCUT2D eigenvalue weighted by Crippen LogP contribution is -2.22. The number of amides is 1.